The quantitative estimate of drug-likeness (QED) is 0.679. The zero-order valence-electron chi connectivity index (χ0n) is 15.9. The molecule has 4 heteroatoms. The molecule has 4 nitrogen and oxygen atoms in total. The smallest absolute Gasteiger partial charge is 0.161 e. The van der Waals surface area contributed by atoms with Crippen molar-refractivity contribution in [2.75, 3.05) is 0 Å². The van der Waals surface area contributed by atoms with Crippen molar-refractivity contribution >= 4 is 5.78 Å². The second-order valence-corrected chi connectivity index (χ2v) is 10.1. The van der Waals surface area contributed by atoms with Gasteiger partial charge in [0, 0.05) is 5.41 Å². The molecular formula is C21H34O4. The molecule has 4 aliphatic rings. The lowest BCUT2D eigenvalue weighted by atomic mass is 9.43. The third-order valence-electron chi connectivity index (χ3n) is 9.30. The van der Waals surface area contributed by atoms with Crippen molar-refractivity contribution in [2.45, 2.75) is 89.9 Å². The molecule has 25 heavy (non-hydrogen) atoms. The number of rotatable bonds is 1. The molecule has 9 atom stereocenters. The molecule has 4 aliphatic carbocycles. The lowest BCUT2D eigenvalue weighted by molar-refractivity contribution is -0.201. The molecule has 0 heterocycles. The van der Waals surface area contributed by atoms with Crippen LogP contribution in [0.1, 0.15) is 72.1 Å². The van der Waals surface area contributed by atoms with Gasteiger partial charge in [0.2, 0.25) is 0 Å². The van der Waals surface area contributed by atoms with E-state index in [2.05, 4.69) is 6.92 Å². The first-order valence-electron chi connectivity index (χ1n) is 10.2. The summed E-state index contributed by atoms with van der Waals surface area (Å²) in [6, 6.07) is 0. The molecule has 142 valence electrons. The maximum atomic E-state index is 12.3. The number of Topliss-reactive ketones (excluding diaryl/α,β-unsaturated/α-hetero) is 1. The van der Waals surface area contributed by atoms with Gasteiger partial charge in [0.15, 0.2) is 5.78 Å². The van der Waals surface area contributed by atoms with Crippen molar-refractivity contribution in [3.05, 3.63) is 0 Å². The maximum absolute atomic E-state index is 12.3. The van der Waals surface area contributed by atoms with E-state index in [1.807, 2.05) is 6.92 Å². The Morgan fingerprint density at radius 2 is 1.76 bits per heavy atom. The molecule has 0 spiro atoms. The Bertz CT molecular complexity index is 576. The third kappa shape index (κ3) is 2.20. The summed E-state index contributed by atoms with van der Waals surface area (Å²) in [4.78, 5) is 12.3. The van der Waals surface area contributed by atoms with Crippen LogP contribution in [0, 0.1) is 34.5 Å². The highest BCUT2D eigenvalue weighted by molar-refractivity contribution is 5.86. The van der Waals surface area contributed by atoms with Gasteiger partial charge in [-0.25, -0.2) is 0 Å². The Labute approximate surface area is 151 Å². The Hall–Kier alpha value is -0.450. The monoisotopic (exact) mass is 350 g/mol. The van der Waals surface area contributed by atoms with Crippen LogP contribution >= 0.6 is 0 Å². The van der Waals surface area contributed by atoms with Gasteiger partial charge in [-0.15, -0.1) is 0 Å². The largest absolute Gasteiger partial charge is 0.393 e. The number of hydrogen-bond donors (Lipinski definition) is 3. The number of aliphatic hydroxyl groups excluding tert-OH is 2. The molecule has 0 unspecified atom stereocenters. The number of fused-ring (bicyclic) bond motifs is 5. The minimum absolute atomic E-state index is 0.0832. The predicted molar refractivity (Wildman–Crippen MR) is 94.8 cm³/mol. The summed E-state index contributed by atoms with van der Waals surface area (Å²) in [6.45, 7) is 5.88. The number of aliphatic hydroxyl groups is 3. The van der Waals surface area contributed by atoms with Crippen molar-refractivity contribution < 1.29 is 20.1 Å². The fourth-order valence-electron chi connectivity index (χ4n) is 7.94. The molecule has 0 amide bonds. The van der Waals surface area contributed by atoms with E-state index in [9.17, 15) is 20.1 Å². The Morgan fingerprint density at radius 1 is 1.04 bits per heavy atom. The Morgan fingerprint density at radius 3 is 2.44 bits per heavy atom. The summed E-state index contributed by atoms with van der Waals surface area (Å²) in [5, 5.41) is 32.5. The molecule has 4 fully saturated rings. The van der Waals surface area contributed by atoms with Crippen molar-refractivity contribution in [3.63, 3.8) is 0 Å². The maximum Gasteiger partial charge on any atom is 0.161 e. The first-order valence-corrected chi connectivity index (χ1v) is 10.2. The standard InChI is InChI=1S/C21H34O4/c1-12(22)21(25)9-7-16-15-5-4-13-10-14(23)6-8-19(13,2)18(15)17(24)11-20(16,21)3/h13-18,23-25H,4-11H2,1-3H3/t13-,14-,15-,16-,17-,18+,19-,20-,21-/m0/s1. The molecule has 4 saturated carbocycles. The van der Waals surface area contributed by atoms with Gasteiger partial charge in [-0.1, -0.05) is 13.8 Å². The topological polar surface area (TPSA) is 77.8 Å². The van der Waals surface area contributed by atoms with Crippen LogP contribution in [0.3, 0.4) is 0 Å². The second kappa shape index (κ2) is 5.53. The van der Waals surface area contributed by atoms with E-state index in [-0.39, 0.29) is 23.2 Å². The van der Waals surface area contributed by atoms with Crippen LogP contribution in [-0.2, 0) is 4.79 Å². The van der Waals surface area contributed by atoms with Crippen molar-refractivity contribution in [2.24, 2.45) is 34.5 Å². The van der Waals surface area contributed by atoms with Crippen LogP contribution in [0.5, 0.6) is 0 Å². The lowest BCUT2D eigenvalue weighted by Gasteiger charge is -2.62. The van der Waals surface area contributed by atoms with Gasteiger partial charge in [-0.05, 0) is 87.4 Å². The predicted octanol–water partition coefficient (Wildman–Crippen LogP) is 2.68. The van der Waals surface area contributed by atoms with E-state index >= 15 is 0 Å². The number of carbonyl (C=O) groups excluding carboxylic acids is 1. The highest BCUT2D eigenvalue weighted by Crippen LogP contribution is 2.68. The van der Waals surface area contributed by atoms with E-state index in [1.54, 1.807) is 0 Å². The average Bonchev–Trinajstić information content (AvgIpc) is 2.80. The van der Waals surface area contributed by atoms with Crippen molar-refractivity contribution in [1.82, 2.24) is 0 Å². The van der Waals surface area contributed by atoms with Crippen LogP contribution in [-0.4, -0.2) is 38.9 Å². The highest BCUT2D eigenvalue weighted by Gasteiger charge is 2.68. The number of hydrogen-bond acceptors (Lipinski definition) is 4. The van der Waals surface area contributed by atoms with E-state index in [0.29, 0.717) is 30.6 Å². The van der Waals surface area contributed by atoms with Gasteiger partial charge in [-0.3, -0.25) is 4.79 Å². The normalized spacial score (nSPS) is 58.2. The second-order valence-electron chi connectivity index (χ2n) is 10.1. The van der Waals surface area contributed by atoms with Crippen molar-refractivity contribution in [1.29, 1.82) is 0 Å². The first kappa shape index (κ1) is 17.9. The van der Waals surface area contributed by atoms with E-state index in [0.717, 1.165) is 38.5 Å². The van der Waals surface area contributed by atoms with Gasteiger partial charge in [0.1, 0.15) is 5.60 Å². The van der Waals surface area contributed by atoms with Crippen LogP contribution in [0.4, 0.5) is 0 Å². The molecule has 4 rings (SSSR count). The molecule has 0 saturated heterocycles. The lowest BCUT2D eigenvalue weighted by Crippen LogP contribution is -2.62. The minimum atomic E-state index is -1.27. The molecule has 0 aromatic rings. The van der Waals surface area contributed by atoms with Gasteiger partial charge >= 0.3 is 0 Å². The van der Waals surface area contributed by atoms with E-state index in [4.69, 9.17) is 0 Å². The molecule has 3 N–H and O–H groups in total. The first-order chi connectivity index (χ1) is 11.6. The van der Waals surface area contributed by atoms with E-state index in [1.165, 1.54) is 6.92 Å². The fourth-order valence-corrected chi connectivity index (χ4v) is 7.94. The van der Waals surface area contributed by atoms with Crippen LogP contribution < -0.4 is 0 Å². The molecule has 0 aromatic carbocycles. The summed E-state index contributed by atoms with van der Waals surface area (Å²) in [5.74, 6) is 1.30. The Balaban J connectivity index is 1.70. The SMILES string of the molecule is CC(=O)[C@@]1(O)CC[C@H]2[C@@H]3CC[C@H]4C[C@@H](O)CC[C@]4(C)[C@H]3[C@@H](O)C[C@@]21C. The molecule has 0 aromatic heterocycles. The zero-order valence-corrected chi connectivity index (χ0v) is 15.9. The number of ketones is 1. The summed E-state index contributed by atoms with van der Waals surface area (Å²) in [6.07, 6.45) is 6.16. The molecule has 0 aliphatic heterocycles. The summed E-state index contributed by atoms with van der Waals surface area (Å²) < 4.78 is 0. The molecule has 0 radical (unpaired) electrons. The fraction of sp³-hybridized carbons (Fsp3) is 0.952. The van der Waals surface area contributed by atoms with Crippen LogP contribution in [0.15, 0.2) is 0 Å². The molecular weight excluding hydrogens is 316 g/mol. The zero-order chi connectivity index (χ0) is 18.2. The Kier molecular flexibility index (Phi) is 3.97. The third-order valence-corrected chi connectivity index (χ3v) is 9.30. The van der Waals surface area contributed by atoms with Gasteiger partial charge in [-0.2, -0.15) is 0 Å². The number of carbonyl (C=O) groups is 1. The summed E-state index contributed by atoms with van der Waals surface area (Å²) in [5.41, 5.74) is -1.69. The summed E-state index contributed by atoms with van der Waals surface area (Å²) in [7, 11) is 0. The molecule has 0 bridgehead atoms. The minimum Gasteiger partial charge on any atom is -0.393 e. The van der Waals surface area contributed by atoms with Crippen LogP contribution in [0.2, 0.25) is 0 Å². The van der Waals surface area contributed by atoms with E-state index < -0.39 is 17.1 Å². The van der Waals surface area contributed by atoms with Crippen molar-refractivity contribution in [3.8, 4) is 0 Å². The highest BCUT2D eigenvalue weighted by atomic mass is 16.3. The van der Waals surface area contributed by atoms with Crippen LogP contribution in [0.25, 0.3) is 0 Å². The average molecular weight is 350 g/mol. The van der Waals surface area contributed by atoms with Gasteiger partial charge in [0.05, 0.1) is 12.2 Å². The van der Waals surface area contributed by atoms with Gasteiger partial charge in [0.25, 0.3) is 0 Å². The van der Waals surface area contributed by atoms with Gasteiger partial charge < -0.3 is 15.3 Å². The summed E-state index contributed by atoms with van der Waals surface area (Å²) >= 11 is 0.